The van der Waals surface area contributed by atoms with E-state index in [2.05, 4.69) is 20.0 Å². The van der Waals surface area contributed by atoms with E-state index in [1.54, 1.807) is 0 Å². The summed E-state index contributed by atoms with van der Waals surface area (Å²) in [5.74, 6) is 0.713. The summed E-state index contributed by atoms with van der Waals surface area (Å²) < 4.78 is 0. The Bertz CT molecular complexity index is 246. The molecule has 0 saturated heterocycles. The van der Waals surface area contributed by atoms with Crippen LogP contribution in [0.2, 0.25) is 0 Å². The number of rotatable bonds is 0. The zero-order valence-electron chi connectivity index (χ0n) is 4.65. The number of nitrogens with zero attached hydrogens (tertiary/aromatic N) is 4. The second-order valence-corrected chi connectivity index (χ2v) is 1.73. The van der Waals surface area contributed by atoms with Gasteiger partial charge in [0.1, 0.15) is 18.4 Å². The van der Waals surface area contributed by atoms with E-state index in [0.29, 0.717) is 12.4 Å². The average molecular weight is 120 g/mol. The fraction of sp³-hybridized carbons (Fsp3) is 0.200. The summed E-state index contributed by atoms with van der Waals surface area (Å²) in [4.78, 5) is 15.6. The van der Waals surface area contributed by atoms with Crippen LogP contribution in [0.5, 0.6) is 0 Å². The van der Waals surface area contributed by atoms with Crippen molar-refractivity contribution in [1.82, 2.24) is 0 Å². The number of hydrogen-bond donors (Lipinski definition) is 0. The van der Waals surface area contributed by atoms with Gasteiger partial charge in [0.15, 0.2) is 5.84 Å². The Hall–Kier alpha value is -1.32. The first kappa shape index (κ1) is 4.55. The number of amidine groups is 1. The molecule has 0 unspecified atom stereocenters. The molecule has 0 aromatic heterocycles. The molecule has 0 aliphatic carbocycles. The quantitative estimate of drug-likeness (QED) is 0.429. The van der Waals surface area contributed by atoms with Crippen LogP contribution in [0.4, 0.5) is 0 Å². The van der Waals surface area contributed by atoms with E-state index in [4.69, 9.17) is 0 Å². The van der Waals surface area contributed by atoms with Gasteiger partial charge in [-0.25, -0.2) is 15.0 Å². The van der Waals surface area contributed by atoms with Crippen molar-refractivity contribution in [3.63, 3.8) is 0 Å². The lowest BCUT2D eigenvalue weighted by Gasteiger charge is -1.97. The van der Waals surface area contributed by atoms with Gasteiger partial charge in [0.05, 0.1) is 6.54 Å². The minimum absolute atomic E-state index is 0.624. The molecule has 2 heterocycles. The lowest BCUT2D eigenvalue weighted by molar-refractivity contribution is 1.29. The normalized spacial score (nSPS) is 21.3. The summed E-state index contributed by atoms with van der Waals surface area (Å²) in [6.07, 6.45) is 3.01. The van der Waals surface area contributed by atoms with Crippen LogP contribution in [-0.4, -0.2) is 30.8 Å². The minimum atomic E-state index is 0.624. The first-order valence-electron chi connectivity index (χ1n) is 2.62. The van der Waals surface area contributed by atoms with Crippen molar-refractivity contribution in [2.45, 2.75) is 0 Å². The maximum absolute atomic E-state index is 3.94. The molecule has 4 heteroatoms. The van der Waals surface area contributed by atoms with Crippen LogP contribution in [0.15, 0.2) is 20.0 Å². The van der Waals surface area contributed by atoms with Gasteiger partial charge < -0.3 is 0 Å². The Morgan fingerprint density at radius 2 is 2.22 bits per heavy atom. The zero-order valence-corrected chi connectivity index (χ0v) is 4.65. The van der Waals surface area contributed by atoms with E-state index >= 15 is 0 Å². The Labute approximate surface area is 51.8 Å². The van der Waals surface area contributed by atoms with Gasteiger partial charge in [0.25, 0.3) is 0 Å². The van der Waals surface area contributed by atoms with E-state index in [9.17, 15) is 0 Å². The molecule has 0 fully saturated rings. The van der Waals surface area contributed by atoms with E-state index in [1.165, 1.54) is 12.7 Å². The van der Waals surface area contributed by atoms with Crippen molar-refractivity contribution in [1.29, 1.82) is 0 Å². The third-order valence-electron chi connectivity index (χ3n) is 1.15. The van der Waals surface area contributed by atoms with Gasteiger partial charge in [0, 0.05) is 0 Å². The van der Waals surface area contributed by atoms with Crippen molar-refractivity contribution < 1.29 is 0 Å². The van der Waals surface area contributed by atoms with Gasteiger partial charge in [-0.15, -0.1) is 0 Å². The SMILES string of the molecule is C1=NCC2=NC=NC2=N1. The molecular formula is C5H4N4. The van der Waals surface area contributed by atoms with Gasteiger partial charge in [-0.2, -0.15) is 0 Å². The standard InChI is InChI=1S/C5H4N4/c1-4-5(8-2-6-1)9-3-7-4/h2-3H,1H2. The topological polar surface area (TPSA) is 49.4 Å². The first-order valence-corrected chi connectivity index (χ1v) is 2.62. The second-order valence-electron chi connectivity index (χ2n) is 1.73. The maximum atomic E-state index is 3.94. The van der Waals surface area contributed by atoms with E-state index in [1.807, 2.05) is 0 Å². The highest BCUT2D eigenvalue weighted by Gasteiger charge is 2.12. The molecule has 2 aliphatic rings. The lowest BCUT2D eigenvalue weighted by Crippen LogP contribution is -2.15. The largest absolute Gasteiger partial charge is 0.267 e. The Morgan fingerprint density at radius 3 is 3.11 bits per heavy atom. The molecule has 0 atom stereocenters. The maximum Gasteiger partial charge on any atom is 0.178 e. The fourth-order valence-corrected chi connectivity index (χ4v) is 0.728. The number of hydrogen-bond acceptors (Lipinski definition) is 4. The molecule has 0 amide bonds. The van der Waals surface area contributed by atoms with Gasteiger partial charge in [-0.3, -0.25) is 4.99 Å². The fourth-order valence-electron chi connectivity index (χ4n) is 0.728. The highest BCUT2D eigenvalue weighted by atomic mass is 15.1. The average Bonchev–Trinajstić information content (AvgIpc) is 2.33. The van der Waals surface area contributed by atoms with Crippen LogP contribution < -0.4 is 0 Å². The monoisotopic (exact) mass is 120 g/mol. The van der Waals surface area contributed by atoms with Gasteiger partial charge in [-0.05, 0) is 0 Å². The molecule has 2 aliphatic heterocycles. The second kappa shape index (κ2) is 1.58. The third-order valence-corrected chi connectivity index (χ3v) is 1.15. The van der Waals surface area contributed by atoms with Gasteiger partial charge in [-0.1, -0.05) is 0 Å². The van der Waals surface area contributed by atoms with Crippen LogP contribution in [-0.2, 0) is 0 Å². The van der Waals surface area contributed by atoms with Crippen molar-refractivity contribution >= 4 is 24.2 Å². The van der Waals surface area contributed by atoms with Crippen molar-refractivity contribution in [2.75, 3.05) is 6.54 Å². The molecule has 0 saturated carbocycles. The molecule has 2 rings (SSSR count). The van der Waals surface area contributed by atoms with Crippen LogP contribution in [0.1, 0.15) is 0 Å². The predicted octanol–water partition coefficient (Wildman–Crippen LogP) is -0.0903. The van der Waals surface area contributed by atoms with Crippen molar-refractivity contribution in [3.05, 3.63) is 0 Å². The smallest absolute Gasteiger partial charge is 0.178 e. The highest BCUT2D eigenvalue weighted by Crippen LogP contribution is 1.98. The van der Waals surface area contributed by atoms with Crippen molar-refractivity contribution in [3.8, 4) is 0 Å². The molecule has 4 nitrogen and oxygen atoms in total. The summed E-state index contributed by atoms with van der Waals surface area (Å²) in [7, 11) is 0. The summed E-state index contributed by atoms with van der Waals surface area (Å²) in [5, 5.41) is 0. The molecule has 0 aromatic carbocycles. The van der Waals surface area contributed by atoms with Crippen molar-refractivity contribution in [2.24, 2.45) is 20.0 Å². The zero-order chi connectivity index (χ0) is 6.10. The first-order chi connectivity index (χ1) is 4.47. The Kier molecular flexibility index (Phi) is 0.798. The summed E-state index contributed by atoms with van der Waals surface area (Å²) >= 11 is 0. The van der Waals surface area contributed by atoms with E-state index < -0.39 is 0 Å². The minimum Gasteiger partial charge on any atom is -0.267 e. The Morgan fingerprint density at radius 1 is 1.22 bits per heavy atom. The van der Waals surface area contributed by atoms with Gasteiger partial charge >= 0.3 is 0 Å². The number of aliphatic imine (C=N–C) groups is 4. The molecule has 0 spiro atoms. The predicted molar refractivity (Wildman–Crippen MR) is 36.7 cm³/mol. The third kappa shape index (κ3) is 0.595. The number of fused-ring (bicyclic) bond motifs is 1. The van der Waals surface area contributed by atoms with Crippen LogP contribution in [0.25, 0.3) is 0 Å². The van der Waals surface area contributed by atoms with Gasteiger partial charge in [0.2, 0.25) is 0 Å². The Balaban J connectivity index is 2.46. The van der Waals surface area contributed by atoms with E-state index in [0.717, 1.165) is 5.71 Å². The summed E-state index contributed by atoms with van der Waals surface area (Å²) in [6.45, 7) is 0.624. The van der Waals surface area contributed by atoms with Crippen LogP contribution in [0.3, 0.4) is 0 Å². The summed E-state index contributed by atoms with van der Waals surface area (Å²) in [6, 6.07) is 0. The molecule has 0 radical (unpaired) electrons. The van der Waals surface area contributed by atoms with E-state index in [-0.39, 0.29) is 0 Å². The molecule has 0 N–H and O–H groups in total. The van der Waals surface area contributed by atoms with Crippen LogP contribution >= 0.6 is 0 Å². The molecule has 9 heavy (non-hydrogen) atoms. The highest BCUT2D eigenvalue weighted by molar-refractivity contribution is 6.48. The summed E-state index contributed by atoms with van der Waals surface area (Å²) in [5.41, 5.74) is 0.873. The van der Waals surface area contributed by atoms with Crippen LogP contribution in [0, 0.1) is 0 Å². The lowest BCUT2D eigenvalue weighted by atomic mass is 10.3. The molecular weight excluding hydrogens is 116 g/mol. The molecule has 0 aromatic rings. The molecule has 44 valence electrons. The molecule has 0 bridgehead atoms.